The molecule has 0 saturated carbocycles. The molecule has 1 atom stereocenters. The third-order valence-corrected chi connectivity index (χ3v) is 6.12. The second kappa shape index (κ2) is 7.23. The van der Waals surface area contributed by atoms with E-state index in [1.54, 1.807) is 0 Å². The van der Waals surface area contributed by atoms with Gasteiger partial charge >= 0.3 is 15.0 Å². The van der Waals surface area contributed by atoms with Gasteiger partial charge in [0, 0.05) is 23.1 Å². The van der Waals surface area contributed by atoms with Crippen LogP contribution in [-0.2, 0) is 20.2 Å². The van der Waals surface area contributed by atoms with Crippen molar-refractivity contribution < 1.29 is 35.8 Å². The highest BCUT2D eigenvalue weighted by molar-refractivity contribution is 7.87. The van der Waals surface area contributed by atoms with Gasteiger partial charge in [0.05, 0.1) is 11.3 Å². The van der Waals surface area contributed by atoms with E-state index in [0.717, 1.165) is 30.4 Å². The minimum absolute atomic E-state index is 0.108. The Morgan fingerprint density at radius 1 is 1.07 bits per heavy atom. The summed E-state index contributed by atoms with van der Waals surface area (Å²) in [4.78, 5) is 16.4. The van der Waals surface area contributed by atoms with E-state index in [1.807, 2.05) is 0 Å². The van der Waals surface area contributed by atoms with E-state index in [2.05, 4.69) is 0 Å². The van der Waals surface area contributed by atoms with Crippen LogP contribution in [0.3, 0.4) is 0 Å². The van der Waals surface area contributed by atoms with Crippen molar-refractivity contribution in [2.45, 2.75) is 16.2 Å². The van der Waals surface area contributed by atoms with Gasteiger partial charge in [0.1, 0.15) is 4.90 Å². The molecule has 0 aliphatic heterocycles. The van der Waals surface area contributed by atoms with Gasteiger partial charge in [-0.3, -0.25) is 29.3 Å². The minimum Gasteiger partial charge on any atom is -0.282 e. The summed E-state index contributed by atoms with van der Waals surface area (Å²) in [5.41, 5.74) is -0.436. The fourth-order valence-corrected chi connectivity index (χ4v) is 3.78. The molecule has 2 N–H and O–H groups in total. The number of non-ortho nitro benzene ring substituents is 1. The number of allylic oxidation sites excluding steroid dienone is 3. The fourth-order valence-electron chi connectivity index (χ4n) is 2.35. The van der Waals surface area contributed by atoms with Crippen LogP contribution >= 0.6 is 0 Å². The number of hydrogen-bond acceptors (Lipinski definition) is 8. The number of nitro benzene ring substituents is 1. The quantitative estimate of drug-likeness (QED) is 0.378. The molecule has 1 aromatic carbocycles. The molecule has 0 saturated heterocycles. The summed E-state index contributed by atoms with van der Waals surface area (Å²) >= 11 is 0. The Morgan fingerprint density at radius 3 is 2.14 bits per heavy atom. The maximum atomic E-state index is 11.5. The Hall–Kier alpha value is -2.94. The smallest absolute Gasteiger partial charge is 0.282 e. The van der Waals surface area contributed by atoms with Crippen LogP contribution in [0.15, 0.2) is 53.0 Å². The molecule has 12 nitrogen and oxygen atoms in total. The van der Waals surface area contributed by atoms with Gasteiger partial charge in [0.15, 0.2) is 0 Å². The van der Waals surface area contributed by atoms with Crippen LogP contribution in [0.4, 0.5) is 5.69 Å². The van der Waals surface area contributed by atoms with Crippen LogP contribution in [0.2, 0.25) is 0 Å². The van der Waals surface area contributed by atoms with E-state index in [0.29, 0.717) is 12.1 Å². The zero-order chi connectivity index (χ0) is 21.3. The lowest BCUT2D eigenvalue weighted by molar-refractivity contribution is -0.527. The average Bonchev–Trinajstić information content (AvgIpc) is 2.58. The van der Waals surface area contributed by atoms with Crippen molar-refractivity contribution in [3.05, 3.63) is 73.9 Å². The van der Waals surface area contributed by atoms with Crippen molar-refractivity contribution in [2.75, 3.05) is 0 Å². The topological polar surface area (TPSA) is 195 Å². The normalized spacial score (nSPS) is 20.1. The molecule has 150 valence electrons. The molecule has 1 unspecified atom stereocenters. The standard InChI is InChI=1S/C14H12N2O10S2/c17-15(18)12-4-3-11(13(9-12)27(21,22)23)2-1-10-5-7-14(8-6-10,16(19)20)28(24,25)26/h1-7,9H,8H2,(H,21,22,23)(H,24,25,26). The van der Waals surface area contributed by atoms with Gasteiger partial charge in [-0.2, -0.15) is 16.8 Å². The SMILES string of the molecule is O=[N+]([O-])c1ccc(C=CC2=CCC([N+](=O)[O-])(S(=O)(=O)O)C=C2)c(S(=O)(=O)O)c1. The number of nitro groups is 2. The van der Waals surface area contributed by atoms with E-state index < -0.39 is 52.0 Å². The molecule has 0 radical (unpaired) electrons. The molecule has 2 rings (SSSR count). The van der Waals surface area contributed by atoms with Crippen molar-refractivity contribution in [1.82, 2.24) is 0 Å². The number of benzene rings is 1. The molecular formula is C14H12N2O10S2. The van der Waals surface area contributed by atoms with Crippen LogP contribution < -0.4 is 0 Å². The van der Waals surface area contributed by atoms with E-state index >= 15 is 0 Å². The van der Waals surface area contributed by atoms with E-state index in [-0.39, 0.29) is 11.1 Å². The molecule has 0 fully saturated rings. The number of nitrogens with zero attached hydrogens (tertiary/aromatic N) is 2. The predicted octanol–water partition coefficient (Wildman–Crippen LogP) is 1.60. The van der Waals surface area contributed by atoms with Gasteiger partial charge in [0.25, 0.3) is 15.8 Å². The summed E-state index contributed by atoms with van der Waals surface area (Å²) < 4.78 is 64.0. The largest absolute Gasteiger partial charge is 0.364 e. The van der Waals surface area contributed by atoms with Gasteiger partial charge in [-0.25, -0.2) is 0 Å². The first-order valence-corrected chi connectivity index (χ1v) is 10.1. The van der Waals surface area contributed by atoms with Gasteiger partial charge in [-0.15, -0.1) is 0 Å². The second-order valence-corrected chi connectivity index (χ2v) is 8.65. The van der Waals surface area contributed by atoms with Gasteiger partial charge in [0.2, 0.25) is 0 Å². The van der Waals surface area contributed by atoms with Gasteiger partial charge < -0.3 is 0 Å². The lowest BCUT2D eigenvalue weighted by Crippen LogP contribution is -2.44. The van der Waals surface area contributed by atoms with E-state index in [4.69, 9.17) is 4.55 Å². The van der Waals surface area contributed by atoms with Crippen molar-refractivity contribution >= 4 is 32.0 Å². The van der Waals surface area contributed by atoms with Crippen molar-refractivity contribution in [3.63, 3.8) is 0 Å². The molecule has 0 bridgehead atoms. The molecule has 14 heteroatoms. The van der Waals surface area contributed by atoms with Gasteiger partial charge in [-0.1, -0.05) is 24.3 Å². The molecule has 0 spiro atoms. The highest BCUT2D eigenvalue weighted by Gasteiger charge is 2.53. The summed E-state index contributed by atoms with van der Waals surface area (Å²) in [6.45, 7) is 0. The van der Waals surface area contributed by atoms with Crippen LogP contribution in [-0.4, -0.2) is 40.7 Å². The molecule has 28 heavy (non-hydrogen) atoms. The Morgan fingerprint density at radius 2 is 1.71 bits per heavy atom. The summed E-state index contributed by atoms with van der Waals surface area (Å²) in [6, 6.07) is 2.75. The molecule has 0 aromatic heterocycles. The van der Waals surface area contributed by atoms with Crippen molar-refractivity contribution in [3.8, 4) is 0 Å². The number of hydrogen-bond donors (Lipinski definition) is 2. The van der Waals surface area contributed by atoms with Crippen LogP contribution in [0.1, 0.15) is 12.0 Å². The third-order valence-electron chi connectivity index (χ3n) is 3.86. The molecule has 1 aromatic rings. The molecular weight excluding hydrogens is 420 g/mol. The first-order valence-electron chi connectivity index (χ1n) is 7.23. The maximum Gasteiger partial charge on any atom is 0.364 e. The molecule has 1 aliphatic rings. The van der Waals surface area contributed by atoms with Crippen molar-refractivity contribution in [1.29, 1.82) is 0 Å². The van der Waals surface area contributed by atoms with E-state index in [9.17, 15) is 41.6 Å². The molecule has 1 aliphatic carbocycles. The average molecular weight is 432 g/mol. The number of rotatable bonds is 6. The highest BCUT2D eigenvalue weighted by atomic mass is 32.2. The van der Waals surface area contributed by atoms with Crippen LogP contribution in [0, 0.1) is 20.2 Å². The third kappa shape index (κ3) is 4.14. The summed E-state index contributed by atoms with van der Waals surface area (Å²) in [5, 5.41) is 21.8. The zero-order valence-electron chi connectivity index (χ0n) is 13.7. The summed E-state index contributed by atoms with van der Waals surface area (Å²) in [7, 11) is -9.83. The zero-order valence-corrected chi connectivity index (χ0v) is 15.3. The van der Waals surface area contributed by atoms with E-state index in [1.165, 1.54) is 6.08 Å². The molecule has 0 amide bonds. The fraction of sp³-hybridized carbons (Fsp3) is 0.143. The lowest BCUT2D eigenvalue weighted by Gasteiger charge is -2.20. The predicted molar refractivity (Wildman–Crippen MR) is 95.1 cm³/mol. The van der Waals surface area contributed by atoms with Crippen LogP contribution in [0.5, 0.6) is 0 Å². The first-order chi connectivity index (χ1) is 12.8. The second-order valence-electron chi connectivity index (χ2n) is 5.61. The summed E-state index contributed by atoms with van der Waals surface area (Å²) in [5.74, 6) is 0. The lowest BCUT2D eigenvalue weighted by atomic mass is 10.0. The molecule has 0 heterocycles. The summed E-state index contributed by atoms with van der Waals surface area (Å²) in [6.07, 6.45) is 4.58. The maximum absolute atomic E-state index is 11.5. The Labute approximate surface area is 158 Å². The van der Waals surface area contributed by atoms with Gasteiger partial charge in [-0.05, 0) is 17.2 Å². The minimum atomic E-state index is -5.05. The van der Waals surface area contributed by atoms with Crippen LogP contribution in [0.25, 0.3) is 6.08 Å². The van der Waals surface area contributed by atoms with Crippen molar-refractivity contribution in [2.24, 2.45) is 0 Å². The Balaban J connectivity index is 2.40. The Kier molecular flexibility index (Phi) is 5.52. The Bertz CT molecular complexity index is 1150. The highest BCUT2D eigenvalue weighted by Crippen LogP contribution is 2.30. The monoisotopic (exact) mass is 432 g/mol. The first kappa shape index (κ1) is 21.4.